The second kappa shape index (κ2) is 5.19. The second-order valence-corrected chi connectivity index (χ2v) is 4.32. The second-order valence-electron chi connectivity index (χ2n) is 3.91. The topological polar surface area (TPSA) is 82.2 Å². The van der Waals surface area contributed by atoms with Crippen LogP contribution in [0.2, 0.25) is 5.02 Å². The first-order valence-corrected chi connectivity index (χ1v) is 5.83. The third-order valence-corrected chi connectivity index (χ3v) is 2.79. The molecule has 7 heteroatoms. The van der Waals surface area contributed by atoms with Gasteiger partial charge in [0.1, 0.15) is 5.75 Å². The maximum atomic E-state index is 12.0. The van der Waals surface area contributed by atoms with Crippen LogP contribution >= 0.6 is 11.6 Å². The number of anilines is 2. The lowest BCUT2D eigenvalue weighted by Crippen LogP contribution is -2.14. The lowest BCUT2D eigenvalue weighted by Gasteiger charge is -2.07. The van der Waals surface area contributed by atoms with Crippen molar-refractivity contribution in [3.05, 3.63) is 35.1 Å². The molecule has 1 heterocycles. The molecule has 1 aromatic carbocycles. The molecule has 0 unspecified atom stereocenters. The zero-order valence-electron chi connectivity index (χ0n) is 10.5. The van der Waals surface area contributed by atoms with Crippen LogP contribution in [-0.4, -0.2) is 22.8 Å². The van der Waals surface area contributed by atoms with Crippen molar-refractivity contribution in [1.29, 1.82) is 0 Å². The summed E-state index contributed by atoms with van der Waals surface area (Å²) < 4.78 is 6.55. The van der Waals surface area contributed by atoms with E-state index in [1.807, 2.05) is 0 Å². The number of amides is 1. The molecule has 0 radical (unpaired) electrons. The summed E-state index contributed by atoms with van der Waals surface area (Å²) in [6.45, 7) is 0. The van der Waals surface area contributed by atoms with Crippen molar-refractivity contribution in [1.82, 2.24) is 9.78 Å². The summed E-state index contributed by atoms with van der Waals surface area (Å²) in [4.78, 5) is 12.0. The number of nitrogens with zero attached hydrogens (tertiary/aromatic N) is 2. The van der Waals surface area contributed by atoms with Gasteiger partial charge in [-0.15, -0.1) is 0 Å². The Morgan fingerprint density at radius 3 is 2.84 bits per heavy atom. The number of methoxy groups -OCH3 is 1. The molecule has 19 heavy (non-hydrogen) atoms. The summed E-state index contributed by atoms with van der Waals surface area (Å²) in [6.07, 6.45) is 1.57. The Balaban J connectivity index is 2.21. The van der Waals surface area contributed by atoms with Gasteiger partial charge in [0.25, 0.3) is 5.91 Å². The standard InChI is InChI=1S/C12H13ClN4O2/c1-17-6-9(14)11(16-17)12(18)15-7-3-4-8(13)10(5-7)19-2/h3-6H,14H2,1-2H3,(H,15,18). The highest BCUT2D eigenvalue weighted by Gasteiger charge is 2.14. The summed E-state index contributed by atoms with van der Waals surface area (Å²) in [6, 6.07) is 4.93. The predicted octanol–water partition coefficient (Wildman–Crippen LogP) is 1.92. The van der Waals surface area contributed by atoms with E-state index in [0.717, 1.165) is 0 Å². The van der Waals surface area contributed by atoms with E-state index in [4.69, 9.17) is 22.1 Å². The van der Waals surface area contributed by atoms with Crippen molar-refractivity contribution >= 4 is 28.9 Å². The van der Waals surface area contributed by atoms with Gasteiger partial charge in [0.15, 0.2) is 5.69 Å². The van der Waals surface area contributed by atoms with Gasteiger partial charge in [-0.1, -0.05) is 11.6 Å². The third kappa shape index (κ3) is 2.79. The number of carbonyl (C=O) groups is 1. The minimum absolute atomic E-state index is 0.177. The van der Waals surface area contributed by atoms with Crippen LogP contribution in [0.4, 0.5) is 11.4 Å². The number of nitrogen functional groups attached to an aromatic ring is 1. The van der Waals surface area contributed by atoms with Crippen LogP contribution in [0.3, 0.4) is 0 Å². The minimum Gasteiger partial charge on any atom is -0.495 e. The molecule has 1 amide bonds. The molecular weight excluding hydrogens is 268 g/mol. The number of carbonyl (C=O) groups excluding carboxylic acids is 1. The smallest absolute Gasteiger partial charge is 0.278 e. The molecule has 0 bridgehead atoms. The molecule has 0 aliphatic carbocycles. The van der Waals surface area contributed by atoms with Crippen molar-refractivity contribution in [3.8, 4) is 5.75 Å². The Morgan fingerprint density at radius 2 is 2.26 bits per heavy atom. The number of aromatic nitrogens is 2. The quantitative estimate of drug-likeness (QED) is 0.900. The van der Waals surface area contributed by atoms with Gasteiger partial charge < -0.3 is 15.8 Å². The highest BCUT2D eigenvalue weighted by atomic mass is 35.5. The van der Waals surface area contributed by atoms with E-state index in [2.05, 4.69) is 10.4 Å². The Kier molecular flexibility index (Phi) is 3.62. The van der Waals surface area contributed by atoms with Crippen LogP contribution < -0.4 is 15.8 Å². The van der Waals surface area contributed by atoms with Crippen molar-refractivity contribution in [3.63, 3.8) is 0 Å². The summed E-state index contributed by atoms with van der Waals surface area (Å²) in [5, 5.41) is 7.14. The van der Waals surface area contributed by atoms with E-state index in [0.29, 0.717) is 22.1 Å². The van der Waals surface area contributed by atoms with Crippen LogP contribution in [-0.2, 0) is 7.05 Å². The third-order valence-electron chi connectivity index (χ3n) is 2.48. The Bertz CT molecular complexity index is 624. The molecule has 1 aromatic heterocycles. The number of halogens is 1. The number of rotatable bonds is 3. The van der Waals surface area contributed by atoms with Gasteiger partial charge in [-0.3, -0.25) is 9.48 Å². The molecule has 100 valence electrons. The van der Waals surface area contributed by atoms with E-state index >= 15 is 0 Å². The van der Waals surface area contributed by atoms with Gasteiger partial charge >= 0.3 is 0 Å². The molecule has 0 fully saturated rings. The summed E-state index contributed by atoms with van der Waals surface area (Å²) >= 11 is 5.91. The highest BCUT2D eigenvalue weighted by Crippen LogP contribution is 2.27. The fraction of sp³-hybridized carbons (Fsp3) is 0.167. The molecule has 2 rings (SSSR count). The van der Waals surface area contributed by atoms with Gasteiger partial charge in [0.05, 0.1) is 17.8 Å². The van der Waals surface area contributed by atoms with E-state index in [9.17, 15) is 4.79 Å². The maximum Gasteiger partial charge on any atom is 0.278 e. The van der Waals surface area contributed by atoms with Crippen LogP contribution in [0.15, 0.2) is 24.4 Å². The number of nitrogens with one attached hydrogen (secondary N) is 1. The normalized spacial score (nSPS) is 10.3. The molecule has 0 aliphatic heterocycles. The monoisotopic (exact) mass is 280 g/mol. The summed E-state index contributed by atoms with van der Waals surface area (Å²) in [7, 11) is 3.20. The molecule has 2 aromatic rings. The Hall–Kier alpha value is -2.21. The van der Waals surface area contributed by atoms with E-state index < -0.39 is 0 Å². The predicted molar refractivity (Wildman–Crippen MR) is 73.6 cm³/mol. The summed E-state index contributed by atoms with van der Waals surface area (Å²) in [5.74, 6) is 0.0935. The zero-order valence-corrected chi connectivity index (χ0v) is 11.2. The number of benzene rings is 1. The fourth-order valence-corrected chi connectivity index (χ4v) is 1.81. The largest absolute Gasteiger partial charge is 0.495 e. The molecule has 0 spiro atoms. The SMILES string of the molecule is COc1cc(NC(=O)c2nn(C)cc2N)ccc1Cl. The first kappa shape index (κ1) is 13.2. The molecule has 6 nitrogen and oxygen atoms in total. The molecule has 0 saturated carbocycles. The van der Waals surface area contributed by atoms with Gasteiger partial charge in [-0.05, 0) is 12.1 Å². The highest BCUT2D eigenvalue weighted by molar-refractivity contribution is 6.32. The fourth-order valence-electron chi connectivity index (χ4n) is 1.61. The van der Waals surface area contributed by atoms with Crippen LogP contribution in [0, 0.1) is 0 Å². The minimum atomic E-state index is -0.387. The first-order valence-electron chi connectivity index (χ1n) is 5.45. The van der Waals surface area contributed by atoms with Crippen LogP contribution in [0.25, 0.3) is 0 Å². The Morgan fingerprint density at radius 1 is 1.53 bits per heavy atom. The Labute approximate surface area is 115 Å². The molecule has 0 aliphatic rings. The van der Waals surface area contributed by atoms with E-state index in [-0.39, 0.29) is 11.6 Å². The lowest BCUT2D eigenvalue weighted by molar-refractivity contribution is 0.102. The van der Waals surface area contributed by atoms with Gasteiger partial charge in [0.2, 0.25) is 0 Å². The molecular formula is C12H13ClN4O2. The average Bonchev–Trinajstić information content (AvgIpc) is 2.71. The maximum absolute atomic E-state index is 12.0. The van der Waals surface area contributed by atoms with E-state index in [1.165, 1.54) is 11.8 Å². The van der Waals surface area contributed by atoms with Crippen molar-refractivity contribution < 1.29 is 9.53 Å². The summed E-state index contributed by atoms with van der Waals surface area (Å²) in [5.41, 5.74) is 6.74. The van der Waals surface area contributed by atoms with Crippen LogP contribution in [0.1, 0.15) is 10.5 Å². The average molecular weight is 281 g/mol. The van der Waals surface area contributed by atoms with Crippen molar-refractivity contribution in [2.45, 2.75) is 0 Å². The van der Waals surface area contributed by atoms with Crippen LogP contribution in [0.5, 0.6) is 5.75 Å². The number of nitrogens with two attached hydrogens (primary N) is 1. The number of hydrogen-bond donors (Lipinski definition) is 2. The van der Waals surface area contributed by atoms with E-state index in [1.54, 1.807) is 31.4 Å². The van der Waals surface area contributed by atoms with Gasteiger partial charge in [-0.2, -0.15) is 5.10 Å². The number of aryl methyl sites for hydroxylation is 1. The number of hydrogen-bond acceptors (Lipinski definition) is 4. The lowest BCUT2D eigenvalue weighted by atomic mass is 10.2. The van der Waals surface area contributed by atoms with Crippen molar-refractivity contribution in [2.75, 3.05) is 18.2 Å². The molecule has 3 N–H and O–H groups in total. The van der Waals surface area contributed by atoms with Gasteiger partial charge in [0, 0.05) is 25.0 Å². The van der Waals surface area contributed by atoms with Crippen molar-refractivity contribution in [2.24, 2.45) is 7.05 Å². The first-order chi connectivity index (χ1) is 9.01. The zero-order chi connectivity index (χ0) is 14.0. The number of ether oxygens (including phenoxy) is 1. The molecule has 0 saturated heterocycles. The molecule has 0 atom stereocenters. The van der Waals surface area contributed by atoms with Gasteiger partial charge in [-0.25, -0.2) is 0 Å².